The highest BCUT2D eigenvalue weighted by atomic mass is 16.7. The Balaban J connectivity index is 1.45. The molecule has 0 saturated carbocycles. The summed E-state index contributed by atoms with van der Waals surface area (Å²) in [6.45, 7) is 1.42. The lowest BCUT2D eigenvalue weighted by molar-refractivity contribution is -0.138. The fourth-order valence-electron chi connectivity index (χ4n) is 5.11. The molecule has 2 unspecified atom stereocenters. The SMILES string of the molecule is COC(=O)c1cc2cc3c(cc2c(=O)o1)OC1(Cc2c(O)c4c(c(O)c2O1)C(=O)C(C)=CC4=O)CC3O. The summed E-state index contributed by atoms with van der Waals surface area (Å²) in [6, 6.07) is 4.12. The van der Waals surface area contributed by atoms with Crippen molar-refractivity contribution in [1.82, 2.24) is 0 Å². The van der Waals surface area contributed by atoms with Crippen molar-refractivity contribution in [2.45, 2.75) is 31.7 Å². The molecule has 188 valence electrons. The van der Waals surface area contributed by atoms with E-state index in [0.717, 1.165) is 13.2 Å². The highest BCUT2D eigenvalue weighted by Gasteiger charge is 2.51. The Morgan fingerprint density at radius 3 is 2.57 bits per heavy atom. The number of fused-ring (bicyclic) bond motifs is 4. The number of esters is 1. The number of aromatic hydroxyl groups is 2. The maximum atomic E-state index is 12.7. The van der Waals surface area contributed by atoms with Crippen LogP contribution in [0.3, 0.4) is 0 Å². The van der Waals surface area contributed by atoms with Gasteiger partial charge in [-0.25, -0.2) is 9.59 Å². The quantitative estimate of drug-likeness (QED) is 0.327. The van der Waals surface area contributed by atoms with E-state index in [1.165, 1.54) is 25.1 Å². The molecule has 0 radical (unpaired) electrons. The van der Waals surface area contributed by atoms with Gasteiger partial charge in [-0.15, -0.1) is 0 Å². The maximum absolute atomic E-state index is 12.7. The zero-order chi connectivity index (χ0) is 26.4. The van der Waals surface area contributed by atoms with E-state index in [0.29, 0.717) is 10.9 Å². The van der Waals surface area contributed by atoms with Crippen LogP contribution in [0.15, 0.2) is 39.1 Å². The summed E-state index contributed by atoms with van der Waals surface area (Å²) < 4.78 is 21.6. The van der Waals surface area contributed by atoms with E-state index in [4.69, 9.17) is 13.9 Å². The van der Waals surface area contributed by atoms with Crippen LogP contribution in [0, 0.1) is 0 Å². The third-order valence-electron chi connectivity index (χ3n) is 6.85. The molecule has 1 aromatic heterocycles. The molecular formula is C26H18O11. The summed E-state index contributed by atoms with van der Waals surface area (Å²) in [5, 5.41) is 33.1. The van der Waals surface area contributed by atoms with Crippen LogP contribution >= 0.6 is 0 Å². The van der Waals surface area contributed by atoms with Crippen molar-refractivity contribution in [1.29, 1.82) is 0 Å². The highest BCUT2D eigenvalue weighted by Crippen LogP contribution is 2.55. The van der Waals surface area contributed by atoms with E-state index in [1.807, 2.05) is 0 Å². The molecule has 1 aliphatic carbocycles. The number of allylic oxidation sites excluding steroid dienone is 2. The van der Waals surface area contributed by atoms with Gasteiger partial charge < -0.3 is 33.9 Å². The summed E-state index contributed by atoms with van der Waals surface area (Å²) in [7, 11) is 1.14. The van der Waals surface area contributed by atoms with E-state index in [2.05, 4.69) is 4.74 Å². The second-order valence-electron chi connectivity index (χ2n) is 9.15. The van der Waals surface area contributed by atoms with Crippen LogP contribution in [0.5, 0.6) is 23.0 Å². The molecule has 11 heteroatoms. The molecule has 2 aromatic carbocycles. The van der Waals surface area contributed by atoms with Crippen LogP contribution in [0.1, 0.15) is 61.8 Å². The molecule has 0 fully saturated rings. The Labute approximate surface area is 207 Å². The fourth-order valence-corrected chi connectivity index (χ4v) is 5.11. The minimum absolute atomic E-state index is 0.0454. The van der Waals surface area contributed by atoms with Gasteiger partial charge in [-0.3, -0.25) is 9.59 Å². The van der Waals surface area contributed by atoms with Gasteiger partial charge in [-0.1, -0.05) is 0 Å². The van der Waals surface area contributed by atoms with Gasteiger partial charge in [0.25, 0.3) is 5.79 Å². The van der Waals surface area contributed by atoms with Crippen molar-refractivity contribution in [3.63, 3.8) is 0 Å². The van der Waals surface area contributed by atoms with Gasteiger partial charge in [-0.05, 0) is 36.6 Å². The summed E-state index contributed by atoms with van der Waals surface area (Å²) >= 11 is 0. The normalized spacial score (nSPS) is 21.6. The van der Waals surface area contributed by atoms with Crippen LogP contribution in [0.25, 0.3) is 10.8 Å². The van der Waals surface area contributed by atoms with E-state index in [9.17, 15) is 34.5 Å². The van der Waals surface area contributed by atoms with E-state index in [1.54, 1.807) is 0 Å². The number of carbonyl (C=O) groups is 3. The molecule has 6 rings (SSSR count). The lowest BCUT2D eigenvalue weighted by atomic mass is 9.85. The number of ether oxygens (including phenoxy) is 3. The summed E-state index contributed by atoms with van der Waals surface area (Å²) in [5.41, 5.74) is -1.08. The first-order valence-electron chi connectivity index (χ1n) is 11.2. The predicted molar refractivity (Wildman–Crippen MR) is 123 cm³/mol. The predicted octanol–water partition coefficient (Wildman–Crippen LogP) is 2.46. The van der Waals surface area contributed by atoms with Gasteiger partial charge in [0.2, 0.25) is 5.76 Å². The number of hydrogen-bond acceptors (Lipinski definition) is 11. The summed E-state index contributed by atoms with van der Waals surface area (Å²) in [5.74, 6) is -5.31. The molecule has 11 nitrogen and oxygen atoms in total. The third kappa shape index (κ3) is 3.10. The Morgan fingerprint density at radius 2 is 1.84 bits per heavy atom. The number of carbonyl (C=O) groups excluding carboxylic acids is 3. The molecule has 3 aromatic rings. The summed E-state index contributed by atoms with van der Waals surface area (Å²) in [4.78, 5) is 49.6. The topological polar surface area (TPSA) is 170 Å². The zero-order valence-electron chi connectivity index (χ0n) is 19.4. The number of ketones is 2. The molecule has 0 bridgehead atoms. The van der Waals surface area contributed by atoms with Crippen molar-refractivity contribution in [3.05, 3.63) is 68.3 Å². The lowest BCUT2D eigenvalue weighted by Crippen LogP contribution is -2.45. The van der Waals surface area contributed by atoms with Gasteiger partial charge in [-0.2, -0.15) is 0 Å². The van der Waals surface area contributed by atoms with Crippen molar-refractivity contribution >= 4 is 28.3 Å². The van der Waals surface area contributed by atoms with Crippen LogP contribution in [0.4, 0.5) is 0 Å². The number of methoxy groups -OCH3 is 1. The molecule has 2 atom stereocenters. The standard InChI is InChI=1S/C26H18O11/c1-9-3-14(27)18-19(20(9)29)22(31)23-13(21(18)30)7-26(37-23)8-15(28)12-4-10-5-17(25(33)34-2)35-24(32)11(10)6-16(12)36-26/h3-6,15,28,30-31H,7-8H2,1-2H3. The molecule has 2 aliphatic heterocycles. The Kier molecular flexibility index (Phi) is 4.58. The number of phenols is 2. The van der Waals surface area contributed by atoms with Crippen molar-refractivity contribution in [2.24, 2.45) is 0 Å². The van der Waals surface area contributed by atoms with Gasteiger partial charge in [0.05, 0.1) is 42.6 Å². The van der Waals surface area contributed by atoms with Gasteiger partial charge in [0.15, 0.2) is 23.1 Å². The van der Waals surface area contributed by atoms with E-state index >= 15 is 0 Å². The molecular weight excluding hydrogens is 488 g/mol. The van der Waals surface area contributed by atoms with Crippen LogP contribution < -0.4 is 15.1 Å². The average Bonchev–Trinajstić information content (AvgIpc) is 3.22. The molecule has 37 heavy (non-hydrogen) atoms. The first-order valence-corrected chi connectivity index (χ1v) is 11.2. The van der Waals surface area contributed by atoms with Gasteiger partial charge in [0, 0.05) is 16.7 Å². The number of benzene rings is 2. The van der Waals surface area contributed by atoms with Crippen molar-refractivity contribution in [2.75, 3.05) is 7.11 Å². The number of rotatable bonds is 1. The molecule has 3 heterocycles. The van der Waals surface area contributed by atoms with E-state index < -0.39 is 46.6 Å². The zero-order valence-corrected chi connectivity index (χ0v) is 19.4. The van der Waals surface area contributed by atoms with Crippen molar-refractivity contribution < 1.29 is 48.3 Å². The first kappa shape index (κ1) is 22.8. The molecule has 0 amide bonds. The molecule has 3 aliphatic rings. The molecule has 0 saturated heterocycles. The maximum Gasteiger partial charge on any atom is 0.374 e. The number of hydrogen-bond donors (Lipinski definition) is 3. The van der Waals surface area contributed by atoms with Crippen LogP contribution in [0.2, 0.25) is 0 Å². The fraction of sp³-hybridized carbons (Fsp3) is 0.231. The Morgan fingerprint density at radius 1 is 1.08 bits per heavy atom. The van der Waals surface area contributed by atoms with Crippen LogP contribution in [-0.2, 0) is 11.2 Å². The second-order valence-corrected chi connectivity index (χ2v) is 9.15. The number of phenolic OH excluding ortho intramolecular Hbond substituents is 2. The number of aliphatic hydroxyl groups excluding tert-OH is 1. The lowest BCUT2D eigenvalue weighted by Gasteiger charge is -2.37. The van der Waals surface area contributed by atoms with Gasteiger partial charge in [0.1, 0.15) is 11.5 Å². The monoisotopic (exact) mass is 506 g/mol. The summed E-state index contributed by atoms with van der Waals surface area (Å²) in [6.07, 6.45) is -0.429. The van der Waals surface area contributed by atoms with Crippen molar-refractivity contribution in [3.8, 4) is 23.0 Å². The Hall–Kier alpha value is -4.64. The average molecular weight is 506 g/mol. The molecule has 1 spiro atoms. The van der Waals surface area contributed by atoms with Gasteiger partial charge >= 0.3 is 11.6 Å². The largest absolute Gasteiger partial charge is 0.507 e. The minimum Gasteiger partial charge on any atom is -0.507 e. The van der Waals surface area contributed by atoms with E-state index in [-0.39, 0.29) is 57.8 Å². The first-order chi connectivity index (χ1) is 17.5. The minimum atomic E-state index is -1.62. The second kappa shape index (κ2) is 7.43. The number of aliphatic hydroxyl groups is 1. The van der Waals surface area contributed by atoms with Crippen LogP contribution in [-0.4, -0.2) is 45.8 Å². The Bertz CT molecular complexity index is 1690. The smallest absolute Gasteiger partial charge is 0.374 e. The number of Topliss-reactive ketones (excluding diaryl/α,β-unsaturated/α-hetero) is 1. The highest BCUT2D eigenvalue weighted by molar-refractivity contribution is 6.27. The third-order valence-corrected chi connectivity index (χ3v) is 6.85. The molecule has 3 N–H and O–H groups in total.